The molecule has 94 valence electrons. The number of benzene rings is 1. The molecule has 2 N–H and O–H groups in total. The summed E-state index contributed by atoms with van der Waals surface area (Å²) in [5, 5.41) is 3.10. The molecule has 0 radical (unpaired) electrons. The lowest BCUT2D eigenvalue weighted by Gasteiger charge is -2.07. The number of H-pyrrole nitrogens is 1. The molecule has 4 heteroatoms. The van der Waals surface area contributed by atoms with Gasteiger partial charge < -0.3 is 5.32 Å². The van der Waals surface area contributed by atoms with Crippen LogP contribution in [0.1, 0.15) is 25.1 Å². The molecule has 2 aromatic rings. The average Bonchev–Trinajstić information content (AvgIpc) is 2.39. The molecule has 1 aromatic heterocycles. The highest BCUT2D eigenvalue weighted by atomic mass is 16.1. The average molecular weight is 243 g/mol. The molecular weight excluding hydrogens is 226 g/mol. The lowest BCUT2D eigenvalue weighted by Crippen LogP contribution is -2.11. The van der Waals surface area contributed by atoms with Crippen molar-refractivity contribution in [2.24, 2.45) is 0 Å². The van der Waals surface area contributed by atoms with E-state index < -0.39 is 0 Å². The molecule has 18 heavy (non-hydrogen) atoms. The van der Waals surface area contributed by atoms with Crippen molar-refractivity contribution < 1.29 is 0 Å². The van der Waals surface area contributed by atoms with Crippen LogP contribution in [0.2, 0.25) is 0 Å². The predicted molar refractivity (Wildman–Crippen MR) is 73.3 cm³/mol. The van der Waals surface area contributed by atoms with Gasteiger partial charge in [-0.25, -0.2) is 4.98 Å². The molecule has 0 aliphatic carbocycles. The largest absolute Gasteiger partial charge is 0.326 e. The van der Waals surface area contributed by atoms with Crippen LogP contribution in [-0.2, 0) is 12.8 Å². The van der Waals surface area contributed by atoms with E-state index in [-0.39, 0.29) is 5.56 Å². The summed E-state index contributed by atoms with van der Waals surface area (Å²) in [5.41, 5.74) is 2.86. The van der Waals surface area contributed by atoms with Gasteiger partial charge in [-0.15, -0.1) is 0 Å². The Bertz CT molecular complexity index is 572. The maximum atomic E-state index is 11.4. The Balaban J connectivity index is 2.22. The van der Waals surface area contributed by atoms with Gasteiger partial charge in [-0.1, -0.05) is 26.0 Å². The van der Waals surface area contributed by atoms with Gasteiger partial charge in [0.05, 0.1) is 0 Å². The highest BCUT2D eigenvalue weighted by molar-refractivity contribution is 5.53. The van der Waals surface area contributed by atoms with E-state index in [2.05, 4.69) is 34.3 Å². The standard InChI is InChI=1S/C14H17N3O/c1-3-10-5-7-12(8-6-10)16-14-15-11(4-2)9-13(18)17-14/h5-9H,3-4H2,1-2H3,(H2,15,16,17,18). The second-order valence-electron chi connectivity index (χ2n) is 4.11. The zero-order valence-corrected chi connectivity index (χ0v) is 10.7. The normalized spacial score (nSPS) is 10.3. The number of nitrogens with zero attached hydrogens (tertiary/aromatic N) is 1. The summed E-state index contributed by atoms with van der Waals surface area (Å²) < 4.78 is 0. The summed E-state index contributed by atoms with van der Waals surface area (Å²) in [5.74, 6) is 0.489. The SMILES string of the molecule is CCc1ccc(Nc2nc(CC)cc(=O)[nH]2)cc1. The van der Waals surface area contributed by atoms with Gasteiger partial charge in [-0.05, 0) is 30.5 Å². The fourth-order valence-corrected chi connectivity index (χ4v) is 1.71. The van der Waals surface area contributed by atoms with Crippen LogP contribution in [0.25, 0.3) is 0 Å². The third-order valence-corrected chi connectivity index (χ3v) is 2.78. The first-order valence-corrected chi connectivity index (χ1v) is 6.17. The fraction of sp³-hybridized carbons (Fsp3) is 0.286. The molecule has 0 bridgehead atoms. The van der Waals surface area contributed by atoms with Gasteiger partial charge in [-0.3, -0.25) is 9.78 Å². The lowest BCUT2D eigenvalue weighted by molar-refractivity contribution is 0.986. The Morgan fingerprint density at radius 3 is 2.50 bits per heavy atom. The summed E-state index contributed by atoms with van der Waals surface area (Å²) in [6.45, 7) is 4.09. The van der Waals surface area contributed by atoms with Crippen LogP contribution in [0.15, 0.2) is 35.1 Å². The number of aromatic nitrogens is 2. The molecule has 2 rings (SSSR count). The van der Waals surface area contributed by atoms with Crippen molar-refractivity contribution in [2.75, 3.05) is 5.32 Å². The molecule has 0 saturated heterocycles. The number of nitrogens with one attached hydrogen (secondary N) is 2. The second kappa shape index (κ2) is 5.49. The Hall–Kier alpha value is -2.10. The fourth-order valence-electron chi connectivity index (χ4n) is 1.71. The van der Waals surface area contributed by atoms with Crippen LogP contribution in [0.5, 0.6) is 0 Å². The van der Waals surface area contributed by atoms with Gasteiger partial charge in [0.25, 0.3) is 5.56 Å². The molecule has 0 unspecified atom stereocenters. The summed E-state index contributed by atoms with van der Waals surface area (Å²) >= 11 is 0. The zero-order valence-electron chi connectivity index (χ0n) is 10.7. The number of aromatic amines is 1. The monoisotopic (exact) mass is 243 g/mol. The third-order valence-electron chi connectivity index (χ3n) is 2.78. The highest BCUT2D eigenvalue weighted by Gasteiger charge is 2.00. The van der Waals surface area contributed by atoms with E-state index in [1.54, 1.807) is 0 Å². The van der Waals surface area contributed by atoms with Gasteiger partial charge in [0.15, 0.2) is 0 Å². The van der Waals surface area contributed by atoms with Crippen LogP contribution in [0.3, 0.4) is 0 Å². The third kappa shape index (κ3) is 2.97. The van der Waals surface area contributed by atoms with E-state index >= 15 is 0 Å². The quantitative estimate of drug-likeness (QED) is 0.868. The molecule has 1 aromatic carbocycles. The maximum Gasteiger partial charge on any atom is 0.252 e. The van der Waals surface area contributed by atoms with Crippen molar-refractivity contribution in [1.29, 1.82) is 0 Å². The van der Waals surface area contributed by atoms with E-state index in [9.17, 15) is 4.79 Å². The summed E-state index contributed by atoms with van der Waals surface area (Å²) in [6, 6.07) is 9.61. The molecule has 0 aliphatic rings. The number of hydrogen-bond acceptors (Lipinski definition) is 3. The number of aryl methyl sites for hydroxylation is 2. The first-order chi connectivity index (χ1) is 8.71. The first-order valence-electron chi connectivity index (χ1n) is 6.17. The molecule has 0 atom stereocenters. The first kappa shape index (κ1) is 12.4. The van der Waals surface area contributed by atoms with E-state index in [1.165, 1.54) is 11.6 Å². The zero-order chi connectivity index (χ0) is 13.0. The van der Waals surface area contributed by atoms with Crippen molar-refractivity contribution >= 4 is 11.6 Å². The van der Waals surface area contributed by atoms with Gasteiger partial charge in [0.2, 0.25) is 5.95 Å². The van der Waals surface area contributed by atoms with Crippen molar-refractivity contribution in [2.45, 2.75) is 26.7 Å². The van der Waals surface area contributed by atoms with Gasteiger partial charge in [0, 0.05) is 17.4 Å². The Kier molecular flexibility index (Phi) is 3.77. The predicted octanol–water partition coefficient (Wildman–Crippen LogP) is 2.64. The van der Waals surface area contributed by atoms with Crippen LogP contribution >= 0.6 is 0 Å². The molecule has 0 amide bonds. The van der Waals surface area contributed by atoms with Crippen LogP contribution < -0.4 is 10.9 Å². The van der Waals surface area contributed by atoms with E-state index in [4.69, 9.17) is 0 Å². The van der Waals surface area contributed by atoms with Crippen molar-refractivity contribution in [1.82, 2.24) is 9.97 Å². The summed E-state index contributed by atoms with van der Waals surface area (Å²) in [7, 11) is 0. The minimum atomic E-state index is -0.130. The maximum absolute atomic E-state index is 11.4. The van der Waals surface area contributed by atoms with Crippen molar-refractivity contribution in [3.05, 3.63) is 51.9 Å². The van der Waals surface area contributed by atoms with Gasteiger partial charge >= 0.3 is 0 Å². The van der Waals surface area contributed by atoms with Gasteiger partial charge in [-0.2, -0.15) is 0 Å². The minimum Gasteiger partial charge on any atom is -0.326 e. The lowest BCUT2D eigenvalue weighted by atomic mass is 10.1. The highest BCUT2D eigenvalue weighted by Crippen LogP contribution is 2.13. The van der Waals surface area contributed by atoms with Crippen LogP contribution in [0, 0.1) is 0 Å². The minimum absolute atomic E-state index is 0.130. The van der Waals surface area contributed by atoms with E-state index in [0.29, 0.717) is 5.95 Å². The molecule has 1 heterocycles. The number of hydrogen-bond donors (Lipinski definition) is 2. The topological polar surface area (TPSA) is 57.8 Å². The Morgan fingerprint density at radius 1 is 1.17 bits per heavy atom. The molecule has 0 saturated carbocycles. The van der Waals surface area contributed by atoms with Gasteiger partial charge in [0.1, 0.15) is 0 Å². The van der Waals surface area contributed by atoms with Crippen LogP contribution in [0.4, 0.5) is 11.6 Å². The van der Waals surface area contributed by atoms with E-state index in [1.807, 2.05) is 19.1 Å². The smallest absolute Gasteiger partial charge is 0.252 e. The molecule has 0 fully saturated rings. The Labute approximate surface area is 106 Å². The molecule has 0 aliphatic heterocycles. The number of anilines is 2. The van der Waals surface area contributed by atoms with Crippen molar-refractivity contribution in [3.63, 3.8) is 0 Å². The summed E-state index contributed by atoms with van der Waals surface area (Å²) in [6.07, 6.45) is 1.76. The summed E-state index contributed by atoms with van der Waals surface area (Å²) in [4.78, 5) is 18.4. The van der Waals surface area contributed by atoms with E-state index in [0.717, 1.165) is 24.2 Å². The Morgan fingerprint density at radius 2 is 1.89 bits per heavy atom. The van der Waals surface area contributed by atoms with Crippen LogP contribution in [-0.4, -0.2) is 9.97 Å². The number of rotatable bonds is 4. The molecule has 4 nitrogen and oxygen atoms in total. The van der Waals surface area contributed by atoms with Crippen molar-refractivity contribution in [3.8, 4) is 0 Å². The second-order valence-corrected chi connectivity index (χ2v) is 4.11. The molecule has 0 spiro atoms. The molecular formula is C14H17N3O.